The van der Waals surface area contributed by atoms with Crippen LogP contribution in [0.2, 0.25) is 0 Å². The van der Waals surface area contributed by atoms with E-state index in [-0.39, 0.29) is 18.9 Å². The second-order valence-corrected chi connectivity index (χ2v) is 4.02. The van der Waals surface area contributed by atoms with E-state index in [1.807, 2.05) is 5.43 Å². The number of hydrazine groups is 1. The number of amides is 1. The molecule has 0 fully saturated rings. The lowest BCUT2D eigenvalue weighted by atomic mass is 10.1. The summed E-state index contributed by atoms with van der Waals surface area (Å²) in [5, 5.41) is 9.41. The van der Waals surface area contributed by atoms with Crippen molar-refractivity contribution in [2.24, 2.45) is 11.8 Å². The Morgan fingerprint density at radius 1 is 1.47 bits per heavy atom. The molecular weight excluding hydrogens is 196 g/mol. The molecule has 0 aliphatic heterocycles. The topological polar surface area (TPSA) is 84.6 Å². The number of aliphatic hydroxyl groups is 1. The average Bonchev–Trinajstić information content (AvgIpc) is 2.20. The Morgan fingerprint density at radius 2 is 2.13 bits per heavy atom. The van der Waals surface area contributed by atoms with E-state index in [9.17, 15) is 9.90 Å². The predicted octanol–water partition coefficient (Wildman–Crippen LogP) is 0.180. The monoisotopic (exact) mass is 218 g/mol. The quantitative estimate of drug-likeness (QED) is 0.235. The molecule has 5 nitrogen and oxygen atoms in total. The van der Waals surface area contributed by atoms with Gasteiger partial charge in [-0.3, -0.25) is 10.2 Å². The minimum absolute atomic E-state index is 0.227. The summed E-state index contributed by atoms with van der Waals surface area (Å²) in [6, 6.07) is 0. The van der Waals surface area contributed by atoms with Crippen molar-refractivity contribution in [2.45, 2.75) is 39.2 Å². The Kier molecular flexibility index (Phi) is 8.27. The molecule has 0 saturated carbocycles. The lowest BCUT2D eigenvalue weighted by molar-refractivity contribution is -0.121. The molecule has 0 aliphatic rings. The van der Waals surface area contributed by atoms with Crippen molar-refractivity contribution in [1.82, 2.24) is 5.43 Å². The van der Waals surface area contributed by atoms with Crippen LogP contribution in [0.1, 0.15) is 33.1 Å². The maximum Gasteiger partial charge on any atom is 0.233 e. The zero-order valence-electron chi connectivity index (χ0n) is 9.53. The Bertz CT molecular complexity index is 174. The van der Waals surface area contributed by atoms with Crippen molar-refractivity contribution in [3.63, 3.8) is 0 Å². The molecule has 0 radical (unpaired) electrons. The van der Waals surface area contributed by atoms with Crippen LogP contribution in [0.3, 0.4) is 0 Å². The van der Waals surface area contributed by atoms with Gasteiger partial charge in [-0.15, -0.1) is 0 Å². The first kappa shape index (κ1) is 14.3. The maximum absolute atomic E-state index is 10.7. The summed E-state index contributed by atoms with van der Waals surface area (Å²) in [6.07, 6.45) is 1.00. The van der Waals surface area contributed by atoms with E-state index < -0.39 is 6.10 Å². The molecule has 90 valence electrons. The molecule has 0 aromatic carbocycles. The molecule has 0 saturated heterocycles. The molecule has 5 heteroatoms. The summed E-state index contributed by atoms with van der Waals surface area (Å²) < 4.78 is 5.26. The van der Waals surface area contributed by atoms with Crippen molar-refractivity contribution in [3.05, 3.63) is 0 Å². The SMILES string of the molecule is CC(C)CCOC[C@@H](O)CCC(=O)NN. The summed E-state index contributed by atoms with van der Waals surface area (Å²) in [5.41, 5.74) is 2.01. The number of carbonyl (C=O) groups is 1. The molecule has 0 aromatic heterocycles. The van der Waals surface area contributed by atoms with Crippen LogP contribution in [0.4, 0.5) is 0 Å². The minimum atomic E-state index is -0.588. The standard InChI is InChI=1S/C10H22N2O3/c1-8(2)5-6-15-7-9(13)3-4-10(14)12-11/h8-9,13H,3-7,11H2,1-2H3,(H,12,14)/t9-/m0/s1. The van der Waals surface area contributed by atoms with E-state index >= 15 is 0 Å². The summed E-state index contributed by atoms with van der Waals surface area (Å²) in [6.45, 7) is 5.17. The van der Waals surface area contributed by atoms with E-state index in [1.54, 1.807) is 0 Å². The van der Waals surface area contributed by atoms with Crippen LogP contribution in [-0.4, -0.2) is 30.3 Å². The maximum atomic E-state index is 10.7. The highest BCUT2D eigenvalue weighted by molar-refractivity contribution is 5.75. The number of nitrogens with one attached hydrogen (secondary N) is 1. The Labute approximate surface area is 91.0 Å². The molecule has 0 bridgehead atoms. The lowest BCUT2D eigenvalue weighted by Crippen LogP contribution is -2.31. The van der Waals surface area contributed by atoms with Gasteiger partial charge in [0.2, 0.25) is 5.91 Å². The Balaban J connectivity index is 3.33. The molecule has 0 rings (SSSR count). The molecule has 0 heterocycles. The Morgan fingerprint density at radius 3 is 2.67 bits per heavy atom. The highest BCUT2D eigenvalue weighted by Crippen LogP contribution is 2.01. The van der Waals surface area contributed by atoms with Gasteiger partial charge in [0, 0.05) is 13.0 Å². The molecular formula is C10H22N2O3. The molecule has 0 aliphatic carbocycles. The fraction of sp³-hybridized carbons (Fsp3) is 0.900. The van der Waals surface area contributed by atoms with Crippen LogP contribution in [-0.2, 0) is 9.53 Å². The number of ether oxygens (including phenoxy) is 1. The van der Waals surface area contributed by atoms with E-state index in [0.717, 1.165) is 6.42 Å². The van der Waals surface area contributed by atoms with Crippen LogP contribution in [0.5, 0.6) is 0 Å². The normalized spacial score (nSPS) is 12.9. The van der Waals surface area contributed by atoms with Crippen LogP contribution >= 0.6 is 0 Å². The molecule has 0 spiro atoms. The van der Waals surface area contributed by atoms with Gasteiger partial charge in [0.1, 0.15) is 0 Å². The van der Waals surface area contributed by atoms with Gasteiger partial charge in [-0.1, -0.05) is 13.8 Å². The smallest absolute Gasteiger partial charge is 0.233 e. The summed E-state index contributed by atoms with van der Waals surface area (Å²) in [7, 11) is 0. The van der Waals surface area contributed by atoms with Crippen molar-refractivity contribution in [3.8, 4) is 0 Å². The second-order valence-electron chi connectivity index (χ2n) is 4.02. The molecule has 15 heavy (non-hydrogen) atoms. The number of hydrogen-bond donors (Lipinski definition) is 3. The molecule has 0 unspecified atom stereocenters. The van der Waals surface area contributed by atoms with Crippen LogP contribution in [0.15, 0.2) is 0 Å². The Hall–Kier alpha value is -0.650. The third-order valence-electron chi connectivity index (χ3n) is 2.02. The van der Waals surface area contributed by atoms with Gasteiger partial charge >= 0.3 is 0 Å². The number of aliphatic hydroxyl groups excluding tert-OH is 1. The predicted molar refractivity (Wildman–Crippen MR) is 57.8 cm³/mol. The lowest BCUT2D eigenvalue weighted by Gasteiger charge is -2.11. The molecule has 0 aromatic rings. The van der Waals surface area contributed by atoms with E-state index in [0.29, 0.717) is 18.9 Å². The highest BCUT2D eigenvalue weighted by Gasteiger charge is 2.07. The fourth-order valence-corrected chi connectivity index (χ4v) is 0.992. The first-order chi connectivity index (χ1) is 7.06. The minimum Gasteiger partial charge on any atom is -0.391 e. The summed E-state index contributed by atoms with van der Waals surface area (Å²) >= 11 is 0. The second kappa shape index (κ2) is 8.64. The van der Waals surface area contributed by atoms with E-state index in [2.05, 4.69) is 13.8 Å². The van der Waals surface area contributed by atoms with Crippen LogP contribution < -0.4 is 11.3 Å². The molecule has 1 atom stereocenters. The van der Waals surface area contributed by atoms with E-state index in [4.69, 9.17) is 10.6 Å². The number of rotatable bonds is 8. The first-order valence-electron chi connectivity index (χ1n) is 5.31. The van der Waals surface area contributed by atoms with Gasteiger partial charge in [-0.2, -0.15) is 0 Å². The third kappa shape index (κ3) is 9.65. The van der Waals surface area contributed by atoms with Gasteiger partial charge in [-0.25, -0.2) is 5.84 Å². The zero-order valence-corrected chi connectivity index (χ0v) is 9.53. The summed E-state index contributed by atoms with van der Waals surface area (Å²) in [5.74, 6) is 5.24. The number of hydrogen-bond acceptors (Lipinski definition) is 4. The largest absolute Gasteiger partial charge is 0.391 e. The number of nitrogens with two attached hydrogens (primary N) is 1. The van der Waals surface area contributed by atoms with Crippen LogP contribution in [0.25, 0.3) is 0 Å². The molecule has 4 N–H and O–H groups in total. The van der Waals surface area contributed by atoms with Crippen molar-refractivity contribution >= 4 is 5.91 Å². The first-order valence-corrected chi connectivity index (χ1v) is 5.31. The molecule has 1 amide bonds. The van der Waals surface area contributed by atoms with Crippen molar-refractivity contribution < 1.29 is 14.6 Å². The zero-order chi connectivity index (χ0) is 11.7. The van der Waals surface area contributed by atoms with Crippen molar-refractivity contribution in [2.75, 3.05) is 13.2 Å². The van der Waals surface area contributed by atoms with Gasteiger partial charge in [0.15, 0.2) is 0 Å². The van der Waals surface area contributed by atoms with Gasteiger partial charge in [0.05, 0.1) is 12.7 Å². The average molecular weight is 218 g/mol. The number of carbonyl (C=O) groups excluding carboxylic acids is 1. The van der Waals surface area contributed by atoms with Crippen molar-refractivity contribution in [1.29, 1.82) is 0 Å². The van der Waals surface area contributed by atoms with Gasteiger partial charge in [-0.05, 0) is 18.8 Å². The van der Waals surface area contributed by atoms with E-state index in [1.165, 1.54) is 0 Å². The van der Waals surface area contributed by atoms with Gasteiger partial charge in [0.25, 0.3) is 0 Å². The summed E-state index contributed by atoms with van der Waals surface area (Å²) in [4.78, 5) is 10.7. The third-order valence-corrected chi connectivity index (χ3v) is 2.02. The highest BCUT2D eigenvalue weighted by atomic mass is 16.5. The van der Waals surface area contributed by atoms with Gasteiger partial charge < -0.3 is 9.84 Å². The fourth-order valence-electron chi connectivity index (χ4n) is 0.992. The van der Waals surface area contributed by atoms with Crippen LogP contribution in [0, 0.1) is 5.92 Å².